The molecule has 0 saturated heterocycles. The predicted octanol–water partition coefficient (Wildman–Crippen LogP) is 1.16. The standard InChI is InChI=1S/C12H10N2O5/c15-9-4-7(5-10(16)11(9)17)12(18)14-13-6-8-2-1-3-19-8/h1-6,15-17H,(H,14,18)/b13-6-. The second-order valence-electron chi connectivity index (χ2n) is 3.58. The van der Waals surface area contributed by atoms with Crippen molar-refractivity contribution in [2.75, 3.05) is 0 Å². The lowest BCUT2D eigenvalue weighted by Crippen LogP contribution is -2.17. The van der Waals surface area contributed by atoms with Crippen molar-refractivity contribution in [3.05, 3.63) is 41.9 Å². The fourth-order valence-corrected chi connectivity index (χ4v) is 1.32. The van der Waals surface area contributed by atoms with Crippen molar-refractivity contribution in [2.45, 2.75) is 0 Å². The Kier molecular flexibility index (Phi) is 3.37. The minimum absolute atomic E-state index is 0.0515. The first kappa shape index (κ1) is 12.5. The molecular formula is C12H10N2O5. The normalized spacial score (nSPS) is 10.7. The predicted molar refractivity (Wildman–Crippen MR) is 65.2 cm³/mol. The summed E-state index contributed by atoms with van der Waals surface area (Å²) in [6, 6.07) is 5.33. The van der Waals surface area contributed by atoms with Gasteiger partial charge in [0.2, 0.25) is 0 Å². The highest BCUT2D eigenvalue weighted by atomic mass is 16.3. The average molecular weight is 262 g/mol. The number of hydrazone groups is 1. The Hall–Kier alpha value is -2.96. The Balaban J connectivity index is 2.08. The number of carbonyl (C=O) groups excluding carboxylic acids is 1. The number of carbonyl (C=O) groups is 1. The third kappa shape index (κ3) is 2.83. The summed E-state index contributed by atoms with van der Waals surface area (Å²) in [5.74, 6) is -2.08. The summed E-state index contributed by atoms with van der Waals surface area (Å²) in [5, 5.41) is 31.3. The molecule has 0 aliphatic heterocycles. The van der Waals surface area contributed by atoms with Crippen LogP contribution >= 0.6 is 0 Å². The van der Waals surface area contributed by atoms with Crippen molar-refractivity contribution in [3.63, 3.8) is 0 Å². The maximum atomic E-state index is 11.6. The first-order chi connectivity index (χ1) is 9.08. The zero-order valence-electron chi connectivity index (χ0n) is 9.57. The van der Waals surface area contributed by atoms with Gasteiger partial charge in [-0.3, -0.25) is 4.79 Å². The summed E-state index contributed by atoms with van der Waals surface area (Å²) < 4.78 is 4.96. The van der Waals surface area contributed by atoms with Crippen LogP contribution < -0.4 is 5.43 Å². The zero-order chi connectivity index (χ0) is 13.8. The van der Waals surface area contributed by atoms with E-state index in [1.807, 2.05) is 0 Å². The largest absolute Gasteiger partial charge is 0.504 e. The van der Waals surface area contributed by atoms with Crippen LogP contribution in [0.3, 0.4) is 0 Å². The first-order valence-corrected chi connectivity index (χ1v) is 5.20. The highest BCUT2D eigenvalue weighted by Crippen LogP contribution is 2.35. The molecule has 0 aliphatic carbocycles. The molecule has 7 heteroatoms. The molecule has 0 atom stereocenters. The van der Waals surface area contributed by atoms with E-state index < -0.39 is 23.2 Å². The Morgan fingerprint density at radius 3 is 2.53 bits per heavy atom. The molecule has 0 unspecified atom stereocenters. The maximum Gasteiger partial charge on any atom is 0.271 e. The van der Waals surface area contributed by atoms with Crippen LogP contribution in [0.25, 0.3) is 0 Å². The Morgan fingerprint density at radius 2 is 1.95 bits per heavy atom. The van der Waals surface area contributed by atoms with Crippen molar-refractivity contribution in [3.8, 4) is 17.2 Å². The second kappa shape index (κ2) is 5.13. The van der Waals surface area contributed by atoms with E-state index in [2.05, 4.69) is 10.5 Å². The zero-order valence-corrected chi connectivity index (χ0v) is 9.57. The van der Waals surface area contributed by atoms with Crippen molar-refractivity contribution in [1.29, 1.82) is 0 Å². The molecule has 1 aromatic carbocycles. The van der Waals surface area contributed by atoms with Gasteiger partial charge in [-0.05, 0) is 24.3 Å². The number of hydrogen-bond donors (Lipinski definition) is 4. The summed E-state index contributed by atoms with van der Waals surface area (Å²) in [6.45, 7) is 0. The highest BCUT2D eigenvalue weighted by Gasteiger charge is 2.12. The SMILES string of the molecule is O=C(N/N=C\c1ccco1)c1cc(O)c(O)c(O)c1. The van der Waals surface area contributed by atoms with Crippen molar-refractivity contribution < 1.29 is 24.5 Å². The van der Waals surface area contributed by atoms with Crippen LogP contribution in [-0.4, -0.2) is 27.4 Å². The van der Waals surface area contributed by atoms with Crippen LogP contribution in [0.1, 0.15) is 16.1 Å². The van der Waals surface area contributed by atoms with Gasteiger partial charge in [-0.2, -0.15) is 5.10 Å². The molecule has 0 fully saturated rings. The monoisotopic (exact) mass is 262 g/mol. The minimum atomic E-state index is -0.685. The maximum absolute atomic E-state index is 11.6. The number of nitrogens with zero attached hydrogens (tertiary/aromatic N) is 1. The Bertz CT molecular complexity index is 596. The number of aromatic hydroxyl groups is 3. The lowest BCUT2D eigenvalue weighted by molar-refractivity contribution is 0.0954. The van der Waals surface area contributed by atoms with E-state index in [4.69, 9.17) is 9.52 Å². The number of furan rings is 1. The lowest BCUT2D eigenvalue weighted by atomic mass is 10.2. The number of rotatable bonds is 3. The second-order valence-corrected chi connectivity index (χ2v) is 3.58. The highest BCUT2D eigenvalue weighted by molar-refractivity contribution is 5.96. The molecule has 19 heavy (non-hydrogen) atoms. The van der Waals surface area contributed by atoms with Crippen LogP contribution in [0.15, 0.2) is 40.0 Å². The molecule has 98 valence electrons. The van der Waals surface area contributed by atoms with Crippen LogP contribution in [0.4, 0.5) is 0 Å². The number of phenolic OH excluding ortho intramolecular Hbond substituents is 3. The lowest BCUT2D eigenvalue weighted by Gasteiger charge is -2.04. The van der Waals surface area contributed by atoms with Crippen LogP contribution in [0, 0.1) is 0 Å². The van der Waals surface area contributed by atoms with Gasteiger partial charge in [0.15, 0.2) is 17.2 Å². The molecule has 0 spiro atoms. The third-order valence-corrected chi connectivity index (χ3v) is 2.23. The summed E-state index contributed by atoms with van der Waals surface area (Å²) in [5.41, 5.74) is 2.13. The van der Waals surface area contributed by atoms with E-state index in [1.165, 1.54) is 12.5 Å². The summed E-state index contributed by atoms with van der Waals surface area (Å²) in [6.07, 6.45) is 2.75. The van der Waals surface area contributed by atoms with E-state index in [1.54, 1.807) is 12.1 Å². The van der Waals surface area contributed by atoms with E-state index in [-0.39, 0.29) is 5.56 Å². The summed E-state index contributed by atoms with van der Waals surface area (Å²) in [4.78, 5) is 11.6. The molecule has 4 N–H and O–H groups in total. The molecule has 7 nitrogen and oxygen atoms in total. The van der Waals surface area contributed by atoms with Crippen LogP contribution in [0.2, 0.25) is 0 Å². The molecule has 0 saturated carbocycles. The number of nitrogens with one attached hydrogen (secondary N) is 1. The van der Waals surface area contributed by atoms with Gasteiger partial charge in [-0.1, -0.05) is 0 Å². The quantitative estimate of drug-likeness (QED) is 0.376. The van der Waals surface area contributed by atoms with E-state index >= 15 is 0 Å². The minimum Gasteiger partial charge on any atom is -0.504 e. The van der Waals surface area contributed by atoms with Crippen molar-refractivity contribution in [2.24, 2.45) is 5.10 Å². The third-order valence-electron chi connectivity index (χ3n) is 2.23. The van der Waals surface area contributed by atoms with Crippen molar-refractivity contribution >= 4 is 12.1 Å². The molecule has 1 aromatic heterocycles. The Morgan fingerprint density at radius 1 is 1.26 bits per heavy atom. The van der Waals surface area contributed by atoms with E-state index in [9.17, 15) is 15.0 Å². The average Bonchev–Trinajstić information content (AvgIpc) is 2.88. The number of hydrogen-bond acceptors (Lipinski definition) is 6. The van der Waals surface area contributed by atoms with Crippen molar-refractivity contribution in [1.82, 2.24) is 5.43 Å². The van der Waals surface area contributed by atoms with Crippen LogP contribution in [-0.2, 0) is 0 Å². The molecule has 1 heterocycles. The first-order valence-electron chi connectivity index (χ1n) is 5.20. The van der Waals surface area contributed by atoms with E-state index in [0.29, 0.717) is 5.76 Å². The fourth-order valence-electron chi connectivity index (χ4n) is 1.32. The molecule has 2 aromatic rings. The van der Waals surface area contributed by atoms with E-state index in [0.717, 1.165) is 12.1 Å². The van der Waals surface area contributed by atoms with Gasteiger partial charge in [-0.25, -0.2) is 5.43 Å². The number of benzene rings is 1. The summed E-state index contributed by atoms with van der Waals surface area (Å²) in [7, 11) is 0. The fraction of sp³-hybridized carbons (Fsp3) is 0. The molecular weight excluding hydrogens is 252 g/mol. The smallest absolute Gasteiger partial charge is 0.271 e. The van der Waals surface area contributed by atoms with Crippen LogP contribution in [0.5, 0.6) is 17.2 Å². The molecule has 1 amide bonds. The Labute approximate surface area is 107 Å². The number of phenols is 3. The topological polar surface area (TPSA) is 115 Å². The van der Waals surface area contributed by atoms with Gasteiger partial charge in [0.05, 0.1) is 12.5 Å². The van der Waals surface area contributed by atoms with Gasteiger partial charge in [-0.15, -0.1) is 0 Å². The van der Waals surface area contributed by atoms with Gasteiger partial charge >= 0.3 is 0 Å². The molecule has 0 aliphatic rings. The molecule has 0 radical (unpaired) electrons. The summed E-state index contributed by atoms with van der Waals surface area (Å²) >= 11 is 0. The van der Waals surface area contributed by atoms with Gasteiger partial charge in [0.1, 0.15) is 5.76 Å². The van der Waals surface area contributed by atoms with Gasteiger partial charge in [0, 0.05) is 5.56 Å². The molecule has 2 rings (SSSR count). The van der Waals surface area contributed by atoms with Gasteiger partial charge < -0.3 is 19.7 Å². The molecule has 0 bridgehead atoms. The van der Waals surface area contributed by atoms with Gasteiger partial charge in [0.25, 0.3) is 5.91 Å². The number of amides is 1.